The molecule has 2 aliphatic heterocycles. The average Bonchev–Trinajstić information content (AvgIpc) is 3.47. The fourth-order valence-corrected chi connectivity index (χ4v) is 6.60. The third kappa shape index (κ3) is 4.77. The van der Waals surface area contributed by atoms with Gasteiger partial charge in [-0.25, -0.2) is 4.99 Å². The van der Waals surface area contributed by atoms with Crippen molar-refractivity contribution in [2.24, 2.45) is 4.99 Å². The number of H-pyrrole nitrogens is 1. The van der Waals surface area contributed by atoms with Crippen LogP contribution < -0.4 is 4.90 Å². The van der Waals surface area contributed by atoms with Gasteiger partial charge >= 0.3 is 0 Å². The minimum atomic E-state index is -0.0468. The van der Waals surface area contributed by atoms with Crippen molar-refractivity contribution in [2.45, 2.75) is 39.7 Å². The zero-order chi connectivity index (χ0) is 28.0. The molecule has 202 valence electrons. The third-order valence-electron chi connectivity index (χ3n) is 8.04. The normalized spacial score (nSPS) is 18.6. The van der Waals surface area contributed by atoms with Gasteiger partial charge in [-0.15, -0.1) is 0 Å². The molecule has 6 rings (SSSR count). The molecule has 1 aromatic heterocycles. The number of aryl methyl sites for hydroxylation is 1. The number of aliphatic imine (C=N–C) groups is 1. The van der Waals surface area contributed by atoms with Crippen molar-refractivity contribution in [1.29, 1.82) is 0 Å². The van der Waals surface area contributed by atoms with Crippen LogP contribution in [0.5, 0.6) is 0 Å². The van der Waals surface area contributed by atoms with Crippen molar-refractivity contribution < 1.29 is 4.79 Å². The van der Waals surface area contributed by atoms with Crippen LogP contribution in [0.1, 0.15) is 43.0 Å². The average molecular weight is 547 g/mol. The highest BCUT2D eigenvalue weighted by Gasteiger charge is 2.34. The standard InChI is InChI=1S/C34H34N4OS/c1-22-17-30-28(23(2)20-34(3,4)37(30)5)18-25(22)19-31-32(39)38(33(40-31)36-26-11-7-6-8-12-26)16-15-24-21-35-29-14-10-9-13-27(24)29/h6-14,17-21,35H,15-16H2,1-5H3/b31-19+,36-33?. The van der Waals surface area contributed by atoms with Crippen molar-refractivity contribution in [1.82, 2.24) is 9.88 Å². The zero-order valence-corrected chi connectivity index (χ0v) is 24.5. The Hall–Kier alpha value is -4.03. The molecule has 0 spiro atoms. The molecule has 1 amide bonds. The van der Waals surface area contributed by atoms with Gasteiger partial charge < -0.3 is 9.88 Å². The minimum absolute atomic E-state index is 0.00200. The number of thioether (sulfide) groups is 1. The van der Waals surface area contributed by atoms with E-state index in [1.54, 1.807) is 0 Å². The minimum Gasteiger partial charge on any atom is -0.365 e. The summed E-state index contributed by atoms with van der Waals surface area (Å²) in [5.41, 5.74) is 9.01. The number of amidine groups is 1. The number of hydrogen-bond acceptors (Lipinski definition) is 4. The lowest BCUT2D eigenvalue weighted by molar-refractivity contribution is -0.122. The van der Waals surface area contributed by atoms with Crippen molar-refractivity contribution >= 4 is 56.8 Å². The number of rotatable bonds is 5. The second-order valence-electron chi connectivity index (χ2n) is 11.2. The Balaban J connectivity index is 1.35. The third-order valence-corrected chi connectivity index (χ3v) is 9.05. The van der Waals surface area contributed by atoms with Crippen LogP contribution in [0, 0.1) is 6.92 Å². The summed E-state index contributed by atoms with van der Waals surface area (Å²) in [5.74, 6) is 0.00200. The summed E-state index contributed by atoms with van der Waals surface area (Å²) in [6, 6.07) is 22.6. The summed E-state index contributed by atoms with van der Waals surface area (Å²) in [5, 5.41) is 1.91. The molecular formula is C34H34N4OS. The second kappa shape index (κ2) is 10.2. The molecule has 0 atom stereocenters. The molecule has 4 aromatic rings. The van der Waals surface area contributed by atoms with E-state index in [0.29, 0.717) is 11.4 Å². The number of hydrogen-bond donors (Lipinski definition) is 1. The molecule has 0 bridgehead atoms. The quantitative estimate of drug-likeness (QED) is 0.258. The Kier molecular flexibility index (Phi) is 6.67. The molecule has 3 heterocycles. The van der Waals surface area contributed by atoms with Gasteiger partial charge in [0.15, 0.2) is 5.17 Å². The van der Waals surface area contributed by atoms with Crippen LogP contribution in [-0.4, -0.2) is 40.1 Å². The number of anilines is 1. The monoisotopic (exact) mass is 546 g/mol. The number of benzene rings is 3. The Morgan fingerprint density at radius 2 is 1.77 bits per heavy atom. The molecule has 3 aromatic carbocycles. The number of carbonyl (C=O) groups is 1. The SMILES string of the molecule is CC1=CC(C)(C)N(C)c2cc(C)c(/C=C3/SC(=Nc4ccccc4)N(CCc4c[nH]c5ccccc45)C3=O)cc21. The predicted molar refractivity (Wildman–Crippen MR) is 170 cm³/mol. The molecule has 40 heavy (non-hydrogen) atoms. The van der Waals surface area contributed by atoms with E-state index in [-0.39, 0.29) is 11.4 Å². The van der Waals surface area contributed by atoms with E-state index < -0.39 is 0 Å². The molecule has 0 aliphatic carbocycles. The van der Waals surface area contributed by atoms with Crippen LogP contribution in [0.25, 0.3) is 22.6 Å². The van der Waals surface area contributed by atoms with Crippen LogP contribution in [0.3, 0.4) is 0 Å². The summed E-state index contributed by atoms with van der Waals surface area (Å²) >= 11 is 1.46. The smallest absolute Gasteiger partial charge is 0.266 e. The number of aromatic amines is 1. The Bertz CT molecular complexity index is 1710. The summed E-state index contributed by atoms with van der Waals surface area (Å²) < 4.78 is 0. The molecule has 1 saturated heterocycles. The fraction of sp³-hybridized carbons (Fsp3) is 0.235. The number of para-hydroxylation sites is 2. The van der Waals surface area contributed by atoms with Gasteiger partial charge in [0.05, 0.1) is 16.1 Å². The molecule has 2 aliphatic rings. The van der Waals surface area contributed by atoms with Gasteiger partial charge in [-0.1, -0.05) is 42.5 Å². The molecule has 0 radical (unpaired) electrons. The zero-order valence-electron chi connectivity index (χ0n) is 23.7. The van der Waals surface area contributed by atoms with Crippen molar-refractivity contribution in [3.63, 3.8) is 0 Å². The fourth-order valence-electron chi connectivity index (χ4n) is 5.59. The number of fused-ring (bicyclic) bond motifs is 2. The van der Waals surface area contributed by atoms with E-state index in [1.165, 1.54) is 39.5 Å². The summed E-state index contributed by atoms with van der Waals surface area (Å²) in [6.45, 7) is 9.32. The van der Waals surface area contributed by atoms with Crippen LogP contribution in [0.2, 0.25) is 0 Å². The van der Waals surface area contributed by atoms with E-state index in [0.717, 1.165) is 33.9 Å². The second-order valence-corrected chi connectivity index (χ2v) is 12.2. The van der Waals surface area contributed by atoms with Gasteiger partial charge in [-0.3, -0.25) is 9.69 Å². The van der Waals surface area contributed by atoms with E-state index >= 15 is 0 Å². The number of aromatic nitrogens is 1. The number of nitrogens with zero attached hydrogens (tertiary/aromatic N) is 3. The van der Waals surface area contributed by atoms with E-state index in [4.69, 9.17) is 4.99 Å². The highest BCUT2D eigenvalue weighted by Crippen LogP contribution is 2.41. The van der Waals surface area contributed by atoms with Crippen LogP contribution in [-0.2, 0) is 11.2 Å². The van der Waals surface area contributed by atoms with Gasteiger partial charge in [0, 0.05) is 41.9 Å². The predicted octanol–water partition coefficient (Wildman–Crippen LogP) is 7.95. The number of allylic oxidation sites excluding steroid dienone is 1. The molecule has 5 nitrogen and oxygen atoms in total. The van der Waals surface area contributed by atoms with Crippen molar-refractivity contribution in [3.05, 3.63) is 106 Å². The van der Waals surface area contributed by atoms with E-state index in [9.17, 15) is 4.79 Å². The van der Waals surface area contributed by atoms with Crippen molar-refractivity contribution in [2.75, 3.05) is 18.5 Å². The number of likely N-dealkylation sites (N-methyl/N-ethyl adjacent to an activating group) is 1. The maximum atomic E-state index is 13.9. The largest absolute Gasteiger partial charge is 0.365 e. The Morgan fingerprint density at radius 1 is 1.02 bits per heavy atom. The number of amides is 1. The van der Waals surface area contributed by atoms with Gasteiger partial charge in [0.25, 0.3) is 5.91 Å². The van der Waals surface area contributed by atoms with Gasteiger partial charge in [-0.2, -0.15) is 0 Å². The molecular weight excluding hydrogens is 512 g/mol. The topological polar surface area (TPSA) is 51.7 Å². The maximum Gasteiger partial charge on any atom is 0.266 e. The van der Waals surface area contributed by atoms with Gasteiger partial charge in [0.2, 0.25) is 0 Å². The first-order valence-electron chi connectivity index (χ1n) is 13.7. The van der Waals surface area contributed by atoms with E-state index in [1.807, 2.05) is 53.6 Å². The molecule has 6 heteroatoms. The molecule has 1 N–H and O–H groups in total. The first-order valence-corrected chi connectivity index (χ1v) is 14.5. The lowest BCUT2D eigenvalue weighted by Crippen LogP contribution is -2.42. The Morgan fingerprint density at radius 3 is 2.58 bits per heavy atom. The number of nitrogens with one attached hydrogen (secondary N) is 1. The van der Waals surface area contributed by atoms with E-state index in [2.05, 4.69) is 81.0 Å². The molecule has 0 unspecified atom stereocenters. The maximum absolute atomic E-state index is 13.9. The first kappa shape index (κ1) is 26.2. The molecule has 1 fully saturated rings. The lowest BCUT2D eigenvalue weighted by Gasteiger charge is -2.41. The Labute approximate surface area is 240 Å². The summed E-state index contributed by atoms with van der Waals surface area (Å²) in [7, 11) is 2.15. The van der Waals surface area contributed by atoms with Crippen LogP contribution >= 0.6 is 11.8 Å². The van der Waals surface area contributed by atoms with Gasteiger partial charge in [-0.05, 0) is 105 Å². The highest BCUT2D eigenvalue weighted by molar-refractivity contribution is 8.18. The lowest BCUT2D eigenvalue weighted by atomic mass is 9.87. The molecule has 0 saturated carbocycles. The van der Waals surface area contributed by atoms with Crippen LogP contribution in [0.4, 0.5) is 11.4 Å². The van der Waals surface area contributed by atoms with Crippen molar-refractivity contribution in [3.8, 4) is 0 Å². The number of carbonyl (C=O) groups excluding carboxylic acids is 1. The highest BCUT2D eigenvalue weighted by atomic mass is 32.2. The van der Waals surface area contributed by atoms with Gasteiger partial charge in [0.1, 0.15) is 0 Å². The van der Waals surface area contributed by atoms with Crippen LogP contribution in [0.15, 0.2) is 88.9 Å². The summed E-state index contributed by atoms with van der Waals surface area (Å²) in [4.78, 5) is 27.0. The summed E-state index contributed by atoms with van der Waals surface area (Å²) in [6.07, 6.45) is 7.14. The first-order chi connectivity index (χ1) is 19.2.